The number of imidazole rings is 1. The lowest BCUT2D eigenvalue weighted by Gasteiger charge is -2.25. The van der Waals surface area contributed by atoms with Gasteiger partial charge in [-0.25, -0.2) is 4.98 Å². The Balaban J connectivity index is 1.74. The van der Waals surface area contributed by atoms with Crippen LogP contribution in [0.4, 0.5) is 0 Å². The van der Waals surface area contributed by atoms with Crippen LogP contribution in [0, 0.1) is 0 Å². The van der Waals surface area contributed by atoms with Gasteiger partial charge in [0.2, 0.25) is 0 Å². The SMILES string of the molecule is c1ccc(B2Oc3ccccc3-n3c(nc4ccccc43)-c3ccccc32)cc1. The van der Waals surface area contributed by atoms with E-state index in [1.165, 1.54) is 0 Å². The highest BCUT2D eigenvalue weighted by atomic mass is 16.4. The zero-order chi connectivity index (χ0) is 19.2. The molecule has 29 heavy (non-hydrogen) atoms. The molecular weight excluding hydrogens is 355 g/mol. The Morgan fingerprint density at radius 3 is 2.34 bits per heavy atom. The van der Waals surface area contributed by atoms with Gasteiger partial charge in [0.05, 0.1) is 16.7 Å². The van der Waals surface area contributed by atoms with Gasteiger partial charge in [0.1, 0.15) is 11.6 Å². The predicted molar refractivity (Wildman–Crippen MR) is 119 cm³/mol. The average molecular weight is 372 g/mol. The normalized spacial score (nSPS) is 12.3. The summed E-state index contributed by atoms with van der Waals surface area (Å²) in [6.45, 7) is -0.206. The molecular formula is C25H17BN2O. The van der Waals surface area contributed by atoms with E-state index in [1.54, 1.807) is 0 Å². The van der Waals surface area contributed by atoms with Gasteiger partial charge in [-0.1, -0.05) is 78.9 Å². The molecule has 136 valence electrons. The van der Waals surface area contributed by atoms with Gasteiger partial charge in [0.25, 0.3) is 0 Å². The van der Waals surface area contributed by atoms with Gasteiger partial charge in [0.15, 0.2) is 0 Å². The van der Waals surface area contributed by atoms with E-state index < -0.39 is 0 Å². The van der Waals surface area contributed by atoms with Crippen LogP contribution in [0.2, 0.25) is 0 Å². The molecule has 0 bridgehead atoms. The summed E-state index contributed by atoms with van der Waals surface area (Å²) in [6, 6.07) is 35.3. The van der Waals surface area contributed by atoms with Crippen molar-refractivity contribution in [2.75, 3.05) is 0 Å². The Labute approximate surface area is 169 Å². The Morgan fingerprint density at radius 1 is 0.690 bits per heavy atom. The van der Waals surface area contributed by atoms with Crippen LogP contribution in [0.15, 0.2) is 103 Å². The summed E-state index contributed by atoms with van der Waals surface area (Å²) in [4.78, 5) is 5.03. The summed E-state index contributed by atoms with van der Waals surface area (Å²) in [7, 11) is 0. The fraction of sp³-hybridized carbons (Fsp3) is 0. The topological polar surface area (TPSA) is 27.1 Å². The van der Waals surface area contributed by atoms with Crippen molar-refractivity contribution in [3.8, 4) is 22.8 Å². The smallest absolute Gasteiger partial charge is 0.427 e. The quantitative estimate of drug-likeness (QED) is 0.413. The third kappa shape index (κ3) is 2.49. The van der Waals surface area contributed by atoms with Gasteiger partial charge in [-0.2, -0.15) is 0 Å². The second-order valence-electron chi connectivity index (χ2n) is 7.22. The molecule has 5 aromatic rings. The Kier molecular flexibility index (Phi) is 3.56. The summed E-state index contributed by atoms with van der Waals surface area (Å²) < 4.78 is 8.89. The molecule has 3 nitrogen and oxygen atoms in total. The lowest BCUT2D eigenvalue weighted by molar-refractivity contribution is 0.586. The minimum Gasteiger partial charge on any atom is -0.550 e. The summed E-state index contributed by atoms with van der Waals surface area (Å²) in [5.41, 5.74) is 6.39. The van der Waals surface area contributed by atoms with Gasteiger partial charge in [-0.3, -0.25) is 4.57 Å². The first kappa shape index (κ1) is 16.2. The minimum atomic E-state index is -0.206. The standard InChI is InChI=1S/C25H17BN2O/c1-2-10-18(11-3-1)26-20-13-5-4-12-19(20)25-27-21-14-6-7-15-22(21)28(25)23-16-8-9-17-24(23)29-26/h1-17H. The Morgan fingerprint density at radius 2 is 1.41 bits per heavy atom. The van der Waals surface area contributed by atoms with E-state index in [9.17, 15) is 0 Å². The maximum atomic E-state index is 6.68. The van der Waals surface area contributed by atoms with Crippen molar-refractivity contribution in [2.24, 2.45) is 0 Å². The monoisotopic (exact) mass is 372 g/mol. The largest absolute Gasteiger partial charge is 0.550 e. The zero-order valence-corrected chi connectivity index (χ0v) is 15.7. The molecule has 0 saturated heterocycles. The second kappa shape index (κ2) is 6.38. The highest BCUT2D eigenvalue weighted by molar-refractivity contribution is 6.81. The molecule has 4 aromatic carbocycles. The minimum absolute atomic E-state index is 0.206. The molecule has 0 atom stereocenters. The molecule has 1 aliphatic heterocycles. The fourth-order valence-electron chi connectivity index (χ4n) is 4.19. The van der Waals surface area contributed by atoms with E-state index in [0.29, 0.717) is 0 Å². The summed E-state index contributed by atoms with van der Waals surface area (Å²) in [5.74, 6) is 1.79. The molecule has 0 N–H and O–H groups in total. The summed E-state index contributed by atoms with van der Waals surface area (Å²) >= 11 is 0. The van der Waals surface area contributed by atoms with Crippen molar-refractivity contribution >= 4 is 28.9 Å². The van der Waals surface area contributed by atoms with Gasteiger partial charge in [-0.15, -0.1) is 0 Å². The molecule has 0 aliphatic carbocycles. The van der Waals surface area contributed by atoms with Gasteiger partial charge in [0, 0.05) is 5.56 Å². The van der Waals surface area contributed by atoms with Crippen LogP contribution < -0.4 is 15.6 Å². The lowest BCUT2D eigenvalue weighted by Crippen LogP contribution is -2.49. The molecule has 0 spiro atoms. The number of aromatic nitrogens is 2. The lowest BCUT2D eigenvalue weighted by atomic mass is 9.54. The number of fused-ring (bicyclic) bond motifs is 7. The van der Waals surface area contributed by atoms with Crippen molar-refractivity contribution in [3.63, 3.8) is 0 Å². The zero-order valence-electron chi connectivity index (χ0n) is 15.7. The predicted octanol–water partition coefficient (Wildman–Crippen LogP) is 4.19. The molecule has 4 heteroatoms. The summed E-state index contributed by atoms with van der Waals surface area (Å²) in [5, 5.41) is 0. The highest BCUT2D eigenvalue weighted by Crippen LogP contribution is 2.34. The van der Waals surface area contributed by atoms with Crippen LogP contribution in [0.25, 0.3) is 28.1 Å². The van der Waals surface area contributed by atoms with Gasteiger partial charge in [-0.05, 0) is 35.2 Å². The van der Waals surface area contributed by atoms with Crippen molar-refractivity contribution < 1.29 is 4.65 Å². The maximum absolute atomic E-state index is 6.68. The first-order valence-electron chi connectivity index (χ1n) is 9.78. The molecule has 1 aromatic heterocycles. The molecule has 0 fully saturated rings. The molecule has 1 aliphatic rings. The van der Waals surface area contributed by atoms with Crippen LogP contribution in [0.3, 0.4) is 0 Å². The number of hydrogen-bond acceptors (Lipinski definition) is 2. The number of rotatable bonds is 1. The van der Waals surface area contributed by atoms with E-state index in [-0.39, 0.29) is 6.92 Å². The molecule has 6 rings (SSSR count). The molecule has 0 saturated carbocycles. The average Bonchev–Trinajstić information content (AvgIpc) is 3.16. The number of nitrogens with zero attached hydrogens (tertiary/aromatic N) is 2. The second-order valence-corrected chi connectivity index (χ2v) is 7.22. The van der Waals surface area contributed by atoms with Crippen molar-refractivity contribution in [3.05, 3.63) is 103 Å². The van der Waals surface area contributed by atoms with E-state index in [4.69, 9.17) is 9.64 Å². The number of benzene rings is 4. The first-order valence-corrected chi connectivity index (χ1v) is 9.78. The number of hydrogen-bond donors (Lipinski definition) is 0. The highest BCUT2D eigenvalue weighted by Gasteiger charge is 2.32. The van der Waals surface area contributed by atoms with E-state index in [2.05, 4.69) is 77.4 Å². The van der Waals surface area contributed by atoms with Gasteiger partial charge < -0.3 is 4.65 Å². The van der Waals surface area contributed by atoms with Crippen molar-refractivity contribution in [2.45, 2.75) is 0 Å². The van der Waals surface area contributed by atoms with Crippen LogP contribution in [0.1, 0.15) is 0 Å². The maximum Gasteiger partial charge on any atom is 0.427 e. The van der Waals surface area contributed by atoms with Crippen molar-refractivity contribution in [1.82, 2.24) is 9.55 Å². The summed E-state index contributed by atoms with van der Waals surface area (Å²) in [6.07, 6.45) is 0. The molecule has 0 radical (unpaired) electrons. The van der Waals surface area contributed by atoms with Crippen LogP contribution in [-0.4, -0.2) is 16.5 Å². The van der Waals surface area contributed by atoms with Crippen LogP contribution in [-0.2, 0) is 0 Å². The molecule has 0 amide bonds. The van der Waals surface area contributed by atoms with E-state index in [0.717, 1.165) is 44.8 Å². The Bertz CT molecular complexity index is 1340. The van der Waals surface area contributed by atoms with E-state index in [1.807, 2.05) is 30.3 Å². The number of para-hydroxylation sites is 4. The van der Waals surface area contributed by atoms with Crippen LogP contribution in [0.5, 0.6) is 5.75 Å². The molecule has 2 heterocycles. The first-order chi connectivity index (χ1) is 14.4. The molecule has 0 unspecified atom stereocenters. The fourth-order valence-corrected chi connectivity index (χ4v) is 4.19. The third-order valence-corrected chi connectivity index (χ3v) is 5.50. The van der Waals surface area contributed by atoms with Crippen molar-refractivity contribution in [1.29, 1.82) is 0 Å². The Hall–Kier alpha value is -3.79. The van der Waals surface area contributed by atoms with Crippen LogP contribution >= 0.6 is 0 Å². The van der Waals surface area contributed by atoms with E-state index >= 15 is 0 Å². The third-order valence-electron chi connectivity index (χ3n) is 5.50. The van der Waals surface area contributed by atoms with Gasteiger partial charge >= 0.3 is 6.92 Å².